The van der Waals surface area contributed by atoms with Gasteiger partial charge >= 0.3 is 0 Å². The number of hydrogen-bond acceptors (Lipinski definition) is 4. The maximum Gasteiger partial charge on any atom is 0.240 e. The second kappa shape index (κ2) is 7.45. The zero-order chi connectivity index (χ0) is 21.8. The van der Waals surface area contributed by atoms with Crippen molar-refractivity contribution in [2.24, 2.45) is 23.2 Å². The monoisotopic (exact) mass is 439 g/mol. The second-order valence-electron chi connectivity index (χ2n) is 9.73. The molecule has 2 saturated carbocycles. The van der Waals surface area contributed by atoms with Gasteiger partial charge in [-0.25, -0.2) is 13.1 Å². The summed E-state index contributed by atoms with van der Waals surface area (Å²) >= 11 is 0. The molecule has 6 heteroatoms. The molecule has 0 radical (unpaired) electrons. The molecule has 0 bridgehead atoms. The van der Waals surface area contributed by atoms with E-state index < -0.39 is 10.0 Å². The van der Waals surface area contributed by atoms with Crippen molar-refractivity contribution in [2.75, 3.05) is 6.54 Å². The number of sulfonamides is 1. The van der Waals surface area contributed by atoms with E-state index in [1.807, 2.05) is 12.1 Å². The van der Waals surface area contributed by atoms with E-state index in [2.05, 4.69) is 11.6 Å². The summed E-state index contributed by atoms with van der Waals surface area (Å²) in [6.45, 7) is 2.41. The Morgan fingerprint density at radius 1 is 1.13 bits per heavy atom. The number of phenolic OH excluding ortho intramolecular Hbond substituents is 1. The fraction of sp³-hybridized carbons (Fsp3) is 0.480. The Bertz CT molecular complexity index is 1110. The number of Topliss-reactive ketones (excluding diaryl/α,β-unsaturated/α-hetero) is 1. The van der Waals surface area contributed by atoms with Gasteiger partial charge in [-0.05, 0) is 84.7 Å². The first kappa shape index (κ1) is 20.7. The van der Waals surface area contributed by atoms with Gasteiger partial charge in [0.2, 0.25) is 10.0 Å². The van der Waals surface area contributed by atoms with Gasteiger partial charge in [-0.2, -0.15) is 0 Å². The standard InChI is InChI=1S/C25H29NO4S/c1-25-12-11-21-20-10-8-18(27)13-16(20)7-9-22(21)24(25)17(14-23(25)28)15-26-31(29,30)19-5-3-2-4-6-19/h2-6,8,10,13,17,21-22,24,26-27H,7,9,11-12,14-15H2,1H3/t17-,21?,22?,24?,25-/m1/s1. The van der Waals surface area contributed by atoms with Crippen molar-refractivity contribution in [1.29, 1.82) is 0 Å². The van der Waals surface area contributed by atoms with Crippen molar-refractivity contribution in [2.45, 2.75) is 49.8 Å². The summed E-state index contributed by atoms with van der Waals surface area (Å²) in [5, 5.41) is 9.88. The minimum absolute atomic E-state index is 0.0162. The van der Waals surface area contributed by atoms with Crippen LogP contribution in [0.3, 0.4) is 0 Å². The van der Waals surface area contributed by atoms with Crippen molar-refractivity contribution in [3.05, 3.63) is 59.7 Å². The van der Waals surface area contributed by atoms with Crippen molar-refractivity contribution < 1.29 is 18.3 Å². The van der Waals surface area contributed by atoms with Gasteiger partial charge in [-0.3, -0.25) is 4.79 Å². The Kier molecular flexibility index (Phi) is 4.98. The van der Waals surface area contributed by atoms with E-state index in [4.69, 9.17) is 0 Å². The first-order chi connectivity index (χ1) is 14.8. The number of phenols is 1. The third kappa shape index (κ3) is 3.40. The lowest BCUT2D eigenvalue weighted by Gasteiger charge is -2.49. The van der Waals surface area contributed by atoms with Gasteiger partial charge in [0.25, 0.3) is 0 Å². The maximum atomic E-state index is 13.1. The smallest absolute Gasteiger partial charge is 0.240 e. The summed E-state index contributed by atoms with van der Waals surface area (Å²) in [6.07, 6.45) is 4.15. The Balaban J connectivity index is 1.42. The Labute approximate surface area is 183 Å². The third-order valence-electron chi connectivity index (χ3n) is 8.14. The third-order valence-corrected chi connectivity index (χ3v) is 9.58. The lowest BCUT2D eigenvalue weighted by molar-refractivity contribution is -0.129. The molecule has 0 aliphatic heterocycles. The highest BCUT2D eigenvalue weighted by Gasteiger charge is 2.58. The highest BCUT2D eigenvalue weighted by molar-refractivity contribution is 7.89. The molecular weight excluding hydrogens is 410 g/mol. The van der Waals surface area contributed by atoms with E-state index in [-0.39, 0.29) is 27.9 Å². The molecule has 0 saturated heterocycles. The van der Waals surface area contributed by atoms with Gasteiger partial charge in [0.05, 0.1) is 4.90 Å². The van der Waals surface area contributed by atoms with Crippen LogP contribution in [0.15, 0.2) is 53.4 Å². The van der Waals surface area contributed by atoms with Crippen molar-refractivity contribution in [3.8, 4) is 5.75 Å². The molecular formula is C25H29NO4S. The topological polar surface area (TPSA) is 83.5 Å². The molecule has 3 unspecified atom stereocenters. The number of fused-ring (bicyclic) bond motifs is 5. The van der Waals surface area contributed by atoms with Gasteiger partial charge in [-0.15, -0.1) is 0 Å². The summed E-state index contributed by atoms with van der Waals surface area (Å²) in [5.41, 5.74) is 2.16. The van der Waals surface area contributed by atoms with E-state index >= 15 is 0 Å². The Morgan fingerprint density at radius 3 is 2.68 bits per heavy atom. The summed E-state index contributed by atoms with van der Waals surface area (Å²) in [5.74, 6) is 1.54. The minimum Gasteiger partial charge on any atom is -0.508 e. The SMILES string of the molecule is C[C@]12CCC3c4ccc(O)cc4CCC3C1[C@@H](CNS(=O)(=O)c1ccccc1)CC2=O. The average molecular weight is 440 g/mol. The first-order valence-corrected chi connectivity index (χ1v) is 12.7. The van der Waals surface area contributed by atoms with E-state index in [9.17, 15) is 18.3 Å². The highest BCUT2D eigenvalue weighted by atomic mass is 32.2. The van der Waals surface area contributed by atoms with Crippen LogP contribution in [-0.2, 0) is 21.2 Å². The minimum atomic E-state index is -3.59. The van der Waals surface area contributed by atoms with E-state index in [0.29, 0.717) is 30.6 Å². The van der Waals surface area contributed by atoms with E-state index in [1.165, 1.54) is 11.1 Å². The number of carbonyl (C=O) groups is 1. The summed E-state index contributed by atoms with van der Waals surface area (Å²) in [7, 11) is -3.59. The quantitative estimate of drug-likeness (QED) is 0.754. The Hall–Kier alpha value is -2.18. The lowest BCUT2D eigenvalue weighted by atomic mass is 9.54. The van der Waals surface area contributed by atoms with Crippen LogP contribution in [0, 0.1) is 23.2 Å². The summed E-state index contributed by atoms with van der Waals surface area (Å²) < 4.78 is 28.3. The normalized spacial score (nSPS) is 32.2. The molecule has 5 atom stereocenters. The largest absolute Gasteiger partial charge is 0.508 e. The molecule has 2 aromatic rings. The van der Waals surface area contributed by atoms with Gasteiger partial charge in [0.15, 0.2) is 0 Å². The highest BCUT2D eigenvalue weighted by Crippen LogP contribution is 2.61. The molecule has 0 aromatic heterocycles. The van der Waals surface area contributed by atoms with Crippen LogP contribution in [0.25, 0.3) is 0 Å². The fourth-order valence-electron chi connectivity index (χ4n) is 6.71. The molecule has 0 heterocycles. The van der Waals surface area contributed by atoms with Gasteiger partial charge in [0.1, 0.15) is 11.5 Å². The van der Waals surface area contributed by atoms with Crippen LogP contribution in [0.2, 0.25) is 0 Å². The zero-order valence-electron chi connectivity index (χ0n) is 17.8. The number of hydrogen-bond donors (Lipinski definition) is 2. The zero-order valence-corrected chi connectivity index (χ0v) is 18.6. The van der Waals surface area contributed by atoms with Crippen molar-refractivity contribution in [3.63, 3.8) is 0 Å². The van der Waals surface area contributed by atoms with Gasteiger partial charge < -0.3 is 5.11 Å². The molecule has 2 N–H and O–H groups in total. The van der Waals surface area contributed by atoms with Crippen LogP contribution >= 0.6 is 0 Å². The number of nitrogens with one attached hydrogen (secondary N) is 1. The van der Waals surface area contributed by atoms with Crippen molar-refractivity contribution >= 4 is 15.8 Å². The molecule has 0 spiro atoms. The van der Waals surface area contributed by atoms with Gasteiger partial charge in [-0.1, -0.05) is 31.2 Å². The fourth-order valence-corrected chi connectivity index (χ4v) is 7.83. The second-order valence-corrected chi connectivity index (χ2v) is 11.5. The molecule has 3 aliphatic carbocycles. The first-order valence-electron chi connectivity index (χ1n) is 11.2. The van der Waals surface area contributed by atoms with Crippen LogP contribution in [-0.4, -0.2) is 25.9 Å². The van der Waals surface area contributed by atoms with E-state index in [0.717, 1.165) is 25.7 Å². The molecule has 164 valence electrons. The molecule has 5 nitrogen and oxygen atoms in total. The number of carbonyl (C=O) groups excluding carboxylic acids is 1. The molecule has 2 aromatic carbocycles. The number of aromatic hydroxyl groups is 1. The molecule has 0 amide bonds. The number of benzene rings is 2. The van der Waals surface area contributed by atoms with Gasteiger partial charge in [0, 0.05) is 18.4 Å². The Morgan fingerprint density at radius 2 is 1.90 bits per heavy atom. The predicted molar refractivity (Wildman–Crippen MR) is 118 cm³/mol. The average Bonchev–Trinajstić information content (AvgIpc) is 3.03. The summed E-state index contributed by atoms with van der Waals surface area (Å²) in [4.78, 5) is 13.3. The number of ketones is 1. The van der Waals surface area contributed by atoms with Crippen molar-refractivity contribution in [1.82, 2.24) is 4.72 Å². The van der Waals surface area contributed by atoms with E-state index in [1.54, 1.807) is 36.4 Å². The maximum absolute atomic E-state index is 13.1. The lowest BCUT2D eigenvalue weighted by Crippen LogP contribution is -2.46. The summed E-state index contributed by atoms with van der Waals surface area (Å²) in [6, 6.07) is 14.1. The molecule has 31 heavy (non-hydrogen) atoms. The van der Waals surface area contributed by atoms with Crippen LogP contribution in [0.4, 0.5) is 0 Å². The molecule has 2 fully saturated rings. The number of aryl methyl sites for hydroxylation is 1. The number of rotatable bonds is 4. The van der Waals surface area contributed by atoms with Crippen LogP contribution in [0.5, 0.6) is 5.75 Å². The molecule has 5 rings (SSSR count). The predicted octanol–water partition coefficient (Wildman–Crippen LogP) is 4.02. The van der Waals surface area contributed by atoms with Crippen LogP contribution in [0.1, 0.15) is 49.7 Å². The van der Waals surface area contributed by atoms with Crippen LogP contribution < -0.4 is 4.72 Å². The molecule has 3 aliphatic rings.